The highest BCUT2D eigenvalue weighted by atomic mass is 16.3. The van der Waals surface area contributed by atoms with Gasteiger partial charge in [0.1, 0.15) is 5.52 Å². The molecule has 1 amide bonds. The van der Waals surface area contributed by atoms with Gasteiger partial charge in [-0.1, -0.05) is 0 Å². The maximum atomic E-state index is 12.5. The van der Waals surface area contributed by atoms with Gasteiger partial charge < -0.3 is 14.2 Å². The van der Waals surface area contributed by atoms with Gasteiger partial charge >= 0.3 is 0 Å². The third-order valence-corrected chi connectivity index (χ3v) is 5.40. The first-order chi connectivity index (χ1) is 12.8. The minimum absolute atomic E-state index is 0.0393. The van der Waals surface area contributed by atoms with Crippen LogP contribution in [0.25, 0.3) is 5.52 Å². The maximum absolute atomic E-state index is 12.5. The van der Waals surface area contributed by atoms with E-state index in [1.807, 2.05) is 21.8 Å². The summed E-state index contributed by atoms with van der Waals surface area (Å²) in [5, 5.41) is 4.76. The second kappa shape index (κ2) is 6.16. The summed E-state index contributed by atoms with van der Waals surface area (Å²) in [4.78, 5) is 21.2. The van der Waals surface area contributed by atoms with Crippen molar-refractivity contribution in [2.75, 3.05) is 31.1 Å². The van der Waals surface area contributed by atoms with Crippen LogP contribution in [-0.2, 0) is 12.8 Å². The SMILES string of the molecule is O=C(c1ccco1)N1CCN(c2nccn3nc4c(c23)CCCC4)CC1. The lowest BCUT2D eigenvalue weighted by molar-refractivity contribution is 0.0714. The highest BCUT2D eigenvalue weighted by molar-refractivity contribution is 5.91. The van der Waals surface area contributed by atoms with Gasteiger partial charge in [0, 0.05) is 44.1 Å². The molecule has 1 fully saturated rings. The van der Waals surface area contributed by atoms with E-state index in [4.69, 9.17) is 9.52 Å². The summed E-state index contributed by atoms with van der Waals surface area (Å²) in [6.07, 6.45) is 9.86. The smallest absolute Gasteiger partial charge is 0.289 e. The molecule has 2 aliphatic rings. The van der Waals surface area contributed by atoms with Crippen molar-refractivity contribution in [3.05, 3.63) is 47.8 Å². The second-order valence-corrected chi connectivity index (χ2v) is 6.93. The quantitative estimate of drug-likeness (QED) is 0.708. The van der Waals surface area contributed by atoms with Crippen LogP contribution in [0.1, 0.15) is 34.7 Å². The zero-order valence-corrected chi connectivity index (χ0v) is 14.6. The van der Waals surface area contributed by atoms with Crippen LogP contribution in [0, 0.1) is 0 Å². The number of nitrogens with zero attached hydrogens (tertiary/aromatic N) is 5. The number of aromatic nitrogens is 3. The van der Waals surface area contributed by atoms with Crippen molar-refractivity contribution in [2.45, 2.75) is 25.7 Å². The van der Waals surface area contributed by atoms with E-state index < -0.39 is 0 Å². The molecule has 0 atom stereocenters. The fourth-order valence-electron chi connectivity index (χ4n) is 4.06. The summed E-state index contributed by atoms with van der Waals surface area (Å²) < 4.78 is 7.23. The van der Waals surface area contributed by atoms with Crippen molar-refractivity contribution < 1.29 is 9.21 Å². The van der Waals surface area contributed by atoms with Crippen LogP contribution in [0.3, 0.4) is 0 Å². The van der Waals surface area contributed by atoms with Gasteiger partial charge in [-0.3, -0.25) is 4.79 Å². The van der Waals surface area contributed by atoms with E-state index in [1.165, 1.54) is 30.4 Å². The molecule has 7 nitrogen and oxygen atoms in total. The molecule has 0 spiro atoms. The van der Waals surface area contributed by atoms with E-state index in [2.05, 4.69) is 9.88 Å². The topological polar surface area (TPSA) is 66.9 Å². The molecule has 0 N–H and O–H groups in total. The van der Waals surface area contributed by atoms with Crippen LogP contribution in [0.2, 0.25) is 0 Å². The van der Waals surface area contributed by atoms with Gasteiger partial charge in [-0.15, -0.1) is 0 Å². The van der Waals surface area contributed by atoms with E-state index in [9.17, 15) is 4.79 Å². The number of fused-ring (bicyclic) bond motifs is 3. The van der Waals surface area contributed by atoms with Gasteiger partial charge in [0.25, 0.3) is 5.91 Å². The molecule has 0 unspecified atom stereocenters. The molecule has 0 aromatic carbocycles. The second-order valence-electron chi connectivity index (χ2n) is 6.93. The van der Waals surface area contributed by atoms with E-state index >= 15 is 0 Å². The number of carbonyl (C=O) groups is 1. The third kappa shape index (κ3) is 2.46. The van der Waals surface area contributed by atoms with E-state index in [0.717, 1.165) is 37.3 Å². The predicted octanol–water partition coefficient (Wildman–Crippen LogP) is 2.16. The molecule has 0 saturated carbocycles. The summed E-state index contributed by atoms with van der Waals surface area (Å²) >= 11 is 0. The minimum Gasteiger partial charge on any atom is -0.459 e. The fourth-order valence-corrected chi connectivity index (χ4v) is 4.06. The molecule has 134 valence electrons. The highest BCUT2D eigenvalue weighted by Crippen LogP contribution is 2.30. The van der Waals surface area contributed by atoms with Crippen LogP contribution in [0.5, 0.6) is 0 Å². The van der Waals surface area contributed by atoms with E-state index in [1.54, 1.807) is 12.1 Å². The molecule has 1 aliphatic heterocycles. The Morgan fingerprint density at radius 3 is 2.77 bits per heavy atom. The molecule has 3 aromatic heterocycles. The lowest BCUT2D eigenvalue weighted by Crippen LogP contribution is -2.49. The molecular weight excluding hydrogens is 330 g/mol. The number of hydrogen-bond acceptors (Lipinski definition) is 5. The molecule has 1 saturated heterocycles. The number of carbonyl (C=O) groups excluding carboxylic acids is 1. The van der Waals surface area contributed by atoms with Gasteiger partial charge in [0.05, 0.1) is 12.0 Å². The van der Waals surface area contributed by atoms with Crippen molar-refractivity contribution in [1.82, 2.24) is 19.5 Å². The number of anilines is 1. The van der Waals surface area contributed by atoms with E-state index in [-0.39, 0.29) is 5.91 Å². The first kappa shape index (κ1) is 15.4. The number of amides is 1. The van der Waals surface area contributed by atoms with Crippen molar-refractivity contribution in [3.63, 3.8) is 0 Å². The molecule has 1 aliphatic carbocycles. The average Bonchev–Trinajstić information content (AvgIpc) is 3.35. The molecule has 0 radical (unpaired) electrons. The Morgan fingerprint density at radius 2 is 1.96 bits per heavy atom. The van der Waals surface area contributed by atoms with E-state index in [0.29, 0.717) is 18.8 Å². The van der Waals surface area contributed by atoms with Crippen molar-refractivity contribution >= 4 is 17.2 Å². The Balaban J connectivity index is 1.40. The summed E-state index contributed by atoms with van der Waals surface area (Å²) in [5.41, 5.74) is 3.72. The largest absolute Gasteiger partial charge is 0.459 e. The third-order valence-electron chi connectivity index (χ3n) is 5.40. The van der Waals surface area contributed by atoms with Gasteiger partial charge in [-0.05, 0) is 37.8 Å². The lowest BCUT2D eigenvalue weighted by atomic mass is 9.97. The van der Waals surface area contributed by atoms with Crippen LogP contribution >= 0.6 is 0 Å². The molecule has 4 heterocycles. The van der Waals surface area contributed by atoms with Gasteiger partial charge in [0.15, 0.2) is 11.6 Å². The number of aryl methyl sites for hydroxylation is 2. The predicted molar refractivity (Wildman–Crippen MR) is 96.5 cm³/mol. The molecule has 0 bridgehead atoms. The zero-order valence-electron chi connectivity index (χ0n) is 14.6. The lowest BCUT2D eigenvalue weighted by Gasteiger charge is -2.35. The highest BCUT2D eigenvalue weighted by Gasteiger charge is 2.27. The van der Waals surface area contributed by atoms with Crippen molar-refractivity contribution in [2.24, 2.45) is 0 Å². The Kier molecular flexibility index (Phi) is 3.65. The fraction of sp³-hybridized carbons (Fsp3) is 0.421. The van der Waals surface area contributed by atoms with Gasteiger partial charge in [0.2, 0.25) is 0 Å². The molecule has 26 heavy (non-hydrogen) atoms. The minimum atomic E-state index is -0.0393. The molecule has 7 heteroatoms. The van der Waals surface area contributed by atoms with Gasteiger partial charge in [-0.2, -0.15) is 5.10 Å². The van der Waals surface area contributed by atoms with Crippen molar-refractivity contribution in [1.29, 1.82) is 0 Å². The molecule has 3 aromatic rings. The maximum Gasteiger partial charge on any atom is 0.289 e. The Morgan fingerprint density at radius 1 is 1.12 bits per heavy atom. The van der Waals surface area contributed by atoms with Crippen LogP contribution in [0.4, 0.5) is 5.82 Å². The zero-order chi connectivity index (χ0) is 17.5. The first-order valence-corrected chi connectivity index (χ1v) is 9.24. The number of piperazine rings is 1. The summed E-state index contributed by atoms with van der Waals surface area (Å²) in [5.74, 6) is 1.36. The monoisotopic (exact) mass is 351 g/mol. The average molecular weight is 351 g/mol. The Hall–Kier alpha value is -2.83. The standard InChI is InChI=1S/C19H21N5O2/c25-19(16-6-3-13-26-16)23-11-9-22(10-12-23)18-17-14-4-1-2-5-15(14)21-24(17)8-7-20-18/h3,6-8,13H,1-2,4-5,9-12H2. The molecular formula is C19H21N5O2. The normalized spacial score (nSPS) is 17.5. The summed E-state index contributed by atoms with van der Waals surface area (Å²) in [6.45, 7) is 2.86. The Bertz CT molecular complexity index is 938. The summed E-state index contributed by atoms with van der Waals surface area (Å²) in [7, 11) is 0. The van der Waals surface area contributed by atoms with Gasteiger partial charge in [-0.25, -0.2) is 9.50 Å². The molecule has 5 rings (SSSR count). The first-order valence-electron chi connectivity index (χ1n) is 9.24. The van der Waals surface area contributed by atoms with Crippen LogP contribution in [-0.4, -0.2) is 51.6 Å². The number of furan rings is 1. The number of hydrogen-bond donors (Lipinski definition) is 0. The Labute approximate surface area is 151 Å². The number of rotatable bonds is 2. The summed E-state index contributed by atoms with van der Waals surface area (Å²) in [6, 6.07) is 3.46. The van der Waals surface area contributed by atoms with Crippen LogP contribution < -0.4 is 4.90 Å². The van der Waals surface area contributed by atoms with Crippen molar-refractivity contribution in [3.8, 4) is 0 Å². The van der Waals surface area contributed by atoms with Crippen LogP contribution in [0.15, 0.2) is 35.2 Å².